The summed E-state index contributed by atoms with van der Waals surface area (Å²) in [4.78, 5) is 32.1. The van der Waals surface area contributed by atoms with Crippen LogP contribution in [0.25, 0.3) is 0 Å². The Morgan fingerprint density at radius 2 is 2.03 bits per heavy atom. The minimum Gasteiger partial charge on any atom is -0.384 e. The number of hydrogen-bond acceptors (Lipinski definition) is 7. The molecule has 12 heteroatoms. The first-order valence-corrected chi connectivity index (χ1v) is 13.0. The molecule has 2 aliphatic rings. The quantitative estimate of drug-likeness (QED) is 0.476. The molecule has 1 saturated heterocycles. The third-order valence-corrected chi connectivity index (χ3v) is 8.19. The lowest BCUT2D eigenvalue weighted by Gasteiger charge is -2.39. The summed E-state index contributed by atoms with van der Waals surface area (Å²) in [6.45, 7) is 1.61. The van der Waals surface area contributed by atoms with Crippen molar-refractivity contribution in [3.8, 4) is 0 Å². The van der Waals surface area contributed by atoms with Gasteiger partial charge in [0.15, 0.2) is 0 Å². The highest BCUT2D eigenvalue weighted by Gasteiger charge is 2.39. The Balaban J connectivity index is 1.21. The predicted octanol–water partition coefficient (Wildman–Crippen LogP) is 3.06. The van der Waals surface area contributed by atoms with Gasteiger partial charge in [-0.25, -0.2) is 4.98 Å². The van der Waals surface area contributed by atoms with Crippen LogP contribution in [0.4, 0.5) is 13.2 Å². The van der Waals surface area contributed by atoms with E-state index in [9.17, 15) is 27.9 Å². The Kier molecular flexibility index (Phi) is 8.52. The van der Waals surface area contributed by atoms with E-state index in [1.54, 1.807) is 13.3 Å². The van der Waals surface area contributed by atoms with Gasteiger partial charge in [-0.15, -0.1) is 11.3 Å². The number of nitrogens with zero attached hydrogens (tertiary/aromatic N) is 2. The first-order valence-electron chi connectivity index (χ1n) is 12.2. The van der Waals surface area contributed by atoms with Crippen LogP contribution < -0.4 is 10.6 Å². The van der Waals surface area contributed by atoms with Crippen LogP contribution in [0.3, 0.4) is 0 Å². The van der Waals surface area contributed by atoms with Crippen molar-refractivity contribution in [2.24, 2.45) is 0 Å². The molecule has 2 amide bonds. The number of likely N-dealkylation sites (tertiary alicyclic amines) is 1. The van der Waals surface area contributed by atoms with Crippen LogP contribution >= 0.6 is 11.3 Å². The van der Waals surface area contributed by atoms with Crippen molar-refractivity contribution in [3.63, 3.8) is 0 Å². The standard InChI is InChI=1S/C25H31F3N4O4S/c1-36-15-22-29-12-20(37-22)24(35)8-5-19(6-9-24)32-10-7-18(14-32)31-21(33)13-30-23(34)16-3-2-4-17(11-16)25(26,27)28/h2-4,11-12,18-19,35H,5-10,13-15H2,1H3,(H,30,34)(H,31,33). The lowest BCUT2D eigenvalue weighted by Crippen LogP contribution is -2.45. The largest absolute Gasteiger partial charge is 0.416 e. The minimum absolute atomic E-state index is 0.0723. The van der Waals surface area contributed by atoms with E-state index < -0.39 is 23.2 Å². The number of methoxy groups -OCH3 is 1. The van der Waals surface area contributed by atoms with Crippen molar-refractivity contribution < 1.29 is 32.6 Å². The molecule has 1 atom stereocenters. The number of aliphatic hydroxyl groups is 1. The van der Waals surface area contributed by atoms with Gasteiger partial charge >= 0.3 is 6.18 Å². The van der Waals surface area contributed by atoms with Gasteiger partial charge in [-0.1, -0.05) is 6.07 Å². The smallest absolute Gasteiger partial charge is 0.384 e. The van der Waals surface area contributed by atoms with E-state index in [0.29, 0.717) is 32.0 Å². The van der Waals surface area contributed by atoms with Gasteiger partial charge in [-0.2, -0.15) is 13.2 Å². The Morgan fingerprint density at radius 1 is 1.27 bits per heavy atom. The van der Waals surface area contributed by atoms with Crippen LogP contribution in [-0.2, 0) is 27.9 Å². The maximum atomic E-state index is 12.9. The molecule has 2 fully saturated rings. The molecule has 1 aromatic heterocycles. The number of ether oxygens (including phenoxy) is 1. The Labute approximate surface area is 217 Å². The fraction of sp³-hybridized carbons (Fsp3) is 0.560. The second-order valence-electron chi connectivity index (χ2n) is 9.62. The average Bonchev–Trinajstić information content (AvgIpc) is 3.53. The molecule has 4 rings (SSSR count). The summed E-state index contributed by atoms with van der Waals surface area (Å²) in [5, 5.41) is 17.3. The van der Waals surface area contributed by atoms with Crippen molar-refractivity contribution in [1.82, 2.24) is 20.5 Å². The first-order chi connectivity index (χ1) is 17.6. The van der Waals surface area contributed by atoms with Crippen molar-refractivity contribution in [2.75, 3.05) is 26.7 Å². The molecule has 3 N–H and O–H groups in total. The SMILES string of the molecule is COCc1ncc(C2(O)CCC(N3CCC(NC(=O)CNC(=O)c4cccc(C(F)(F)F)c4)C3)CC2)s1. The van der Waals surface area contributed by atoms with Crippen LogP contribution in [0, 0.1) is 0 Å². The maximum absolute atomic E-state index is 12.9. The summed E-state index contributed by atoms with van der Waals surface area (Å²) < 4.78 is 43.7. The van der Waals surface area contributed by atoms with Crippen LogP contribution in [0.1, 0.15) is 57.9 Å². The minimum atomic E-state index is -4.55. The van der Waals surface area contributed by atoms with Crippen LogP contribution in [0.15, 0.2) is 30.5 Å². The van der Waals surface area contributed by atoms with E-state index in [-0.39, 0.29) is 24.1 Å². The molecule has 0 radical (unpaired) electrons. The summed E-state index contributed by atoms with van der Waals surface area (Å²) in [7, 11) is 1.61. The number of carbonyl (C=O) groups excluding carboxylic acids is 2. The summed E-state index contributed by atoms with van der Waals surface area (Å²) in [5.74, 6) is -1.12. The van der Waals surface area contributed by atoms with Crippen LogP contribution in [0.5, 0.6) is 0 Å². The van der Waals surface area contributed by atoms with Gasteiger partial charge in [0.2, 0.25) is 5.91 Å². The van der Waals surface area contributed by atoms with Crippen molar-refractivity contribution in [2.45, 2.75) is 62.6 Å². The Morgan fingerprint density at radius 3 is 2.73 bits per heavy atom. The number of benzene rings is 1. The van der Waals surface area contributed by atoms with Gasteiger partial charge in [-0.05, 0) is 50.3 Å². The topological polar surface area (TPSA) is 104 Å². The molecule has 1 aromatic carbocycles. The number of halogens is 3. The van der Waals surface area contributed by atoms with Crippen molar-refractivity contribution >= 4 is 23.2 Å². The molecular weight excluding hydrogens is 509 g/mol. The monoisotopic (exact) mass is 540 g/mol. The molecule has 0 spiro atoms. The zero-order valence-corrected chi connectivity index (χ0v) is 21.3. The number of aromatic nitrogens is 1. The molecule has 37 heavy (non-hydrogen) atoms. The van der Waals surface area contributed by atoms with E-state index in [4.69, 9.17) is 4.74 Å². The lowest BCUT2D eigenvalue weighted by molar-refractivity contribution is -0.137. The summed E-state index contributed by atoms with van der Waals surface area (Å²) in [5.41, 5.74) is -1.94. The number of thiazole rings is 1. The zero-order valence-electron chi connectivity index (χ0n) is 20.5. The van der Waals surface area contributed by atoms with Gasteiger partial charge < -0.3 is 20.5 Å². The molecule has 1 aliphatic carbocycles. The third-order valence-electron chi connectivity index (χ3n) is 7.03. The van der Waals surface area contributed by atoms with Crippen molar-refractivity contribution in [1.29, 1.82) is 0 Å². The number of carbonyl (C=O) groups is 2. The molecule has 8 nitrogen and oxygen atoms in total. The van der Waals surface area contributed by atoms with Crippen LogP contribution in [0.2, 0.25) is 0 Å². The zero-order chi connectivity index (χ0) is 26.6. The molecule has 1 unspecified atom stereocenters. The average molecular weight is 541 g/mol. The molecule has 0 bridgehead atoms. The molecule has 2 aromatic rings. The van der Waals surface area contributed by atoms with Gasteiger partial charge in [-0.3, -0.25) is 14.5 Å². The molecule has 1 saturated carbocycles. The van der Waals surface area contributed by atoms with E-state index in [1.165, 1.54) is 17.4 Å². The van der Waals surface area contributed by atoms with Gasteiger partial charge in [0.25, 0.3) is 5.91 Å². The number of hydrogen-bond donors (Lipinski definition) is 3. The summed E-state index contributed by atoms with van der Waals surface area (Å²) in [6, 6.07) is 4.33. The second kappa shape index (κ2) is 11.5. The highest BCUT2D eigenvalue weighted by atomic mass is 32.1. The number of alkyl halides is 3. The first kappa shape index (κ1) is 27.5. The van der Waals surface area contributed by atoms with E-state index >= 15 is 0 Å². The summed E-state index contributed by atoms with van der Waals surface area (Å²) in [6.07, 6.45) is 0.913. The normalized spacial score (nSPS) is 24.7. The number of rotatable bonds is 8. The Bertz CT molecular complexity index is 1100. The Hall–Kier alpha value is -2.54. The van der Waals surface area contributed by atoms with Crippen LogP contribution in [-0.4, -0.2) is 65.6 Å². The number of amides is 2. The number of nitrogens with one attached hydrogen (secondary N) is 2. The fourth-order valence-corrected chi connectivity index (χ4v) is 6.06. The van der Waals surface area contributed by atoms with Crippen molar-refractivity contribution in [3.05, 3.63) is 51.5 Å². The lowest BCUT2D eigenvalue weighted by atomic mass is 9.81. The molecule has 2 heterocycles. The van der Waals surface area contributed by atoms with E-state index in [0.717, 1.165) is 53.9 Å². The molecule has 202 valence electrons. The van der Waals surface area contributed by atoms with E-state index in [2.05, 4.69) is 20.5 Å². The second-order valence-corrected chi connectivity index (χ2v) is 10.7. The highest BCUT2D eigenvalue weighted by molar-refractivity contribution is 7.11. The molecular formula is C25H31F3N4O4S. The highest BCUT2D eigenvalue weighted by Crippen LogP contribution is 2.41. The maximum Gasteiger partial charge on any atom is 0.416 e. The molecule has 1 aliphatic heterocycles. The fourth-order valence-electron chi connectivity index (χ4n) is 5.02. The summed E-state index contributed by atoms with van der Waals surface area (Å²) >= 11 is 1.48. The van der Waals surface area contributed by atoms with Gasteiger partial charge in [0.1, 0.15) is 10.6 Å². The third kappa shape index (κ3) is 6.86. The van der Waals surface area contributed by atoms with Gasteiger partial charge in [0.05, 0.1) is 23.6 Å². The van der Waals surface area contributed by atoms with E-state index in [1.807, 2.05) is 0 Å². The predicted molar refractivity (Wildman–Crippen MR) is 131 cm³/mol. The van der Waals surface area contributed by atoms with Gasteiger partial charge in [0, 0.05) is 44.0 Å².